The van der Waals surface area contributed by atoms with Crippen LogP contribution in [0.15, 0.2) is 36.5 Å². The Bertz CT molecular complexity index is 553. The summed E-state index contributed by atoms with van der Waals surface area (Å²) in [4.78, 5) is 10.7. The highest BCUT2D eigenvalue weighted by Crippen LogP contribution is 2.12. The SMILES string of the molecule is CC(CNCCn1cc(C(=O)O)nn1)c1ccccc1. The Morgan fingerprint density at radius 2 is 2.15 bits per heavy atom. The van der Waals surface area contributed by atoms with E-state index < -0.39 is 5.97 Å². The molecule has 0 radical (unpaired) electrons. The van der Waals surface area contributed by atoms with Crippen LogP contribution in [0.3, 0.4) is 0 Å². The first kappa shape index (κ1) is 14.2. The van der Waals surface area contributed by atoms with Gasteiger partial charge in [0.05, 0.1) is 12.7 Å². The number of aromatic carboxylic acids is 1. The third kappa shape index (κ3) is 3.89. The van der Waals surface area contributed by atoms with Crippen molar-refractivity contribution in [1.29, 1.82) is 0 Å². The molecule has 2 aromatic rings. The standard InChI is InChI=1S/C14H18N4O2/c1-11(12-5-3-2-4-6-12)9-15-7-8-18-10-13(14(19)20)16-17-18/h2-6,10-11,15H,7-9H2,1H3,(H,19,20). The van der Waals surface area contributed by atoms with E-state index in [1.54, 1.807) is 0 Å². The molecule has 1 atom stereocenters. The van der Waals surface area contributed by atoms with Crippen molar-refractivity contribution in [2.75, 3.05) is 13.1 Å². The summed E-state index contributed by atoms with van der Waals surface area (Å²) in [5.41, 5.74) is 1.27. The molecule has 1 aromatic heterocycles. The number of rotatable bonds is 7. The van der Waals surface area contributed by atoms with E-state index >= 15 is 0 Å². The van der Waals surface area contributed by atoms with Gasteiger partial charge >= 0.3 is 5.97 Å². The third-order valence-electron chi connectivity index (χ3n) is 3.09. The molecular formula is C14H18N4O2. The molecule has 0 aliphatic heterocycles. The summed E-state index contributed by atoms with van der Waals surface area (Å²) >= 11 is 0. The van der Waals surface area contributed by atoms with Crippen LogP contribution in [0.5, 0.6) is 0 Å². The lowest BCUT2D eigenvalue weighted by atomic mass is 10.0. The van der Waals surface area contributed by atoms with Gasteiger partial charge in [-0.25, -0.2) is 4.79 Å². The van der Waals surface area contributed by atoms with Crippen molar-refractivity contribution in [2.24, 2.45) is 0 Å². The fraction of sp³-hybridized carbons (Fsp3) is 0.357. The van der Waals surface area contributed by atoms with E-state index in [1.807, 2.05) is 18.2 Å². The summed E-state index contributed by atoms with van der Waals surface area (Å²) in [7, 11) is 0. The molecule has 6 nitrogen and oxygen atoms in total. The first-order chi connectivity index (χ1) is 9.66. The molecule has 6 heteroatoms. The second-order valence-electron chi connectivity index (χ2n) is 4.69. The minimum Gasteiger partial charge on any atom is -0.476 e. The van der Waals surface area contributed by atoms with Crippen molar-refractivity contribution >= 4 is 5.97 Å². The number of carboxylic acids is 1. The Kier molecular flexibility index (Phi) is 4.84. The Morgan fingerprint density at radius 1 is 1.40 bits per heavy atom. The highest BCUT2D eigenvalue weighted by molar-refractivity contribution is 5.84. The Labute approximate surface area is 117 Å². The predicted molar refractivity (Wildman–Crippen MR) is 74.7 cm³/mol. The van der Waals surface area contributed by atoms with E-state index in [1.165, 1.54) is 16.4 Å². The lowest BCUT2D eigenvalue weighted by Crippen LogP contribution is -2.24. The Morgan fingerprint density at radius 3 is 2.80 bits per heavy atom. The van der Waals surface area contributed by atoms with Gasteiger partial charge in [-0.1, -0.05) is 42.5 Å². The zero-order chi connectivity index (χ0) is 14.4. The predicted octanol–water partition coefficient (Wildman–Crippen LogP) is 1.37. The van der Waals surface area contributed by atoms with Gasteiger partial charge in [0.2, 0.25) is 0 Å². The second kappa shape index (κ2) is 6.81. The Balaban J connectivity index is 1.72. The van der Waals surface area contributed by atoms with Crippen molar-refractivity contribution in [2.45, 2.75) is 19.4 Å². The average molecular weight is 274 g/mol. The van der Waals surface area contributed by atoms with Crippen LogP contribution in [0.2, 0.25) is 0 Å². The van der Waals surface area contributed by atoms with E-state index in [4.69, 9.17) is 5.11 Å². The monoisotopic (exact) mass is 274 g/mol. The molecule has 20 heavy (non-hydrogen) atoms. The molecule has 2 N–H and O–H groups in total. The van der Waals surface area contributed by atoms with Crippen molar-refractivity contribution in [3.8, 4) is 0 Å². The molecule has 1 heterocycles. The van der Waals surface area contributed by atoms with Gasteiger partial charge in [0.15, 0.2) is 5.69 Å². The van der Waals surface area contributed by atoms with Gasteiger partial charge in [-0.15, -0.1) is 5.10 Å². The molecule has 0 saturated heterocycles. The van der Waals surface area contributed by atoms with Gasteiger partial charge in [-0.2, -0.15) is 0 Å². The molecule has 106 valence electrons. The van der Waals surface area contributed by atoms with Gasteiger partial charge in [0, 0.05) is 13.1 Å². The minimum atomic E-state index is -1.05. The number of hydrogen-bond acceptors (Lipinski definition) is 4. The quantitative estimate of drug-likeness (QED) is 0.745. The molecule has 0 fully saturated rings. The zero-order valence-electron chi connectivity index (χ0n) is 11.4. The van der Waals surface area contributed by atoms with Crippen molar-refractivity contribution in [3.05, 3.63) is 47.8 Å². The number of aromatic nitrogens is 3. The average Bonchev–Trinajstić information content (AvgIpc) is 2.93. The molecule has 1 unspecified atom stereocenters. The van der Waals surface area contributed by atoms with E-state index in [0.29, 0.717) is 12.5 Å². The Hall–Kier alpha value is -2.21. The van der Waals surface area contributed by atoms with Gasteiger partial charge in [0.25, 0.3) is 0 Å². The van der Waals surface area contributed by atoms with E-state index in [-0.39, 0.29) is 5.69 Å². The van der Waals surface area contributed by atoms with Crippen LogP contribution in [0.4, 0.5) is 0 Å². The van der Waals surface area contributed by atoms with Crippen LogP contribution >= 0.6 is 0 Å². The molecule has 0 spiro atoms. The summed E-state index contributed by atoms with van der Waals surface area (Å²) in [5, 5.41) is 19.4. The molecule has 0 aliphatic carbocycles. The number of nitrogens with one attached hydrogen (secondary N) is 1. The highest BCUT2D eigenvalue weighted by Gasteiger charge is 2.08. The van der Waals surface area contributed by atoms with Crippen LogP contribution in [0, 0.1) is 0 Å². The molecule has 0 saturated carbocycles. The summed E-state index contributed by atoms with van der Waals surface area (Å²) < 4.78 is 1.53. The maximum Gasteiger partial charge on any atom is 0.358 e. The largest absolute Gasteiger partial charge is 0.476 e. The smallest absolute Gasteiger partial charge is 0.358 e. The number of hydrogen-bond donors (Lipinski definition) is 2. The second-order valence-corrected chi connectivity index (χ2v) is 4.69. The number of benzene rings is 1. The molecular weight excluding hydrogens is 256 g/mol. The summed E-state index contributed by atoms with van der Waals surface area (Å²) in [6.07, 6.45) is 1.44. The fourth-order valence-corrected chi connectivity index (χ4v) is 1.92. The third-order valence-corrected chi connectivity index (χ3v) is 3.09. The number of nitrogens with zero attached hydrogens (tertiary/aromatic N) is 3. The maximum absolute atomic E-state index is 10.7. The van der Waals surface area contributed by atoms with Gasteiger partial charge in [0.1, 0.15) is 0 Å². The molecule has 2 rings (SSSR count). The maximum atomic E-state index is 10.7. The molecule has 0 bridgehead atoms. The van der Waals surface area contributed by atoms with Gasteiger partial charge in [-0.05, 0) is 11.5 Å². The summed E-state index contributed by atoms with van der Waals surface area (Å²) in [6, 6.07) is 10.3. The van der Waals surface area contributed by atoms with E-state index in [2.05, 4.69) is 34.7 Å². The van der Waals surface area contributed by atoms with E-state index in [9.17, 15) is 4.79 Å². The first-order valence-corrected chi connectivity index (χ1v) is 6.56. The minimum absolute atomic E-state index is 0.0253. The van der Waals surface area contributed by atoms with Crippen LogP contribution in [-0.4, -0.2) is 39.2 Å². The molecule has 1 aromatic carbocycles. The van der Waals surface area contributed by atoms with Gasteiger partial charge in [-0.3, -0.25) is 4.68 Å². The molecule has 0 aliphatic rings. The van der Waals surface area contributed by atoms with Crippen molar-refractivity contribution < 1.29 is 9.90 Å². The molecule has 0 amide bonds. The van der Waals surface area contributed by atoms with Crippen LogP contribution in [0.25, 0.3) is 0 Å². The first-order valence-electron chi connectivity index (χ1n) is 6.56. The number of carbonyl (C=O) groups is 1. The van der Waals surface area contributed by atoms with Crippen molar-refractivity contribution in [1.82, 2.24) is 20.3 Å². The number of carboxylic acid groups (broad SMARTS) is 1. The zero-order valence-corrected chi connectivity index (χ0v) is 11.4. The normalized spacial score (nSPS) is 12.2. The van der Waals surface area contributed by atoms with E-state index in [0.717, 1.165) is 13.1 Å². The van der Waals surface area contributed by atoms with Gasteiger partial charge < -0.3 is 10.4 Å². The van der Waals surface area contributed by atoms with Crippen LogP contribution in [0.1, 0.15) is 28.9 Å². The van der Waals surface area contributed by atoms with Crippen molar-refractivity contribution in [3.63, 3.8) is 0 Å². The summed E-state index contributed by atoms with van der Waals surface area (Å²) in [6.45, 7) is 4.35. The highest BCUT2D eigenvalue weighted by atomic mass is 16.4. The van der Waals surface area contributed by atoms with Crippen LogP contribution < -0.4 is 5.32 Å². The summed E-state index contributed by atoms with van der Waals surface area (Å²) in [5.74, 6) is -0.622. The lowest BCUT2D eigenvalue weighted by molar-refractivity contribution is 0.0690. The topological polar surface area (TPSA) is 80.0 Å². The fourth-order valence-electron chi connectivity index (χ4n) is 1.92. The van der Waals surface area contributed by atoms with Crippen LogP contribution in [-0.2, 0) is 6.54 Å². The lowest BCUT2D eigenvalue weighted by Gasteiger charge is -2.12.